The van der Waals surface area contributed by atoms with Crippen LogP contribution >= 0.6 is 0 Å². The summed E-state index contributed by atoms with van der Waals surface area (Å²) in [6.45, 7) is 8.40. The van der Waals surface area contributed by atoms with Crippen molar-refractivity contribution in [2.45, 2.75) is 90.5 Å². The maximum atomic E-state index is 13.1. The first-order valence-electron chi connectivity index (χ1n) is 13.0. The Labute approximate surface area is 212 Å². The van der Waals surface area contributed by atoms with Gasteiger partial charge in [-0.3, -0.25) is 9.59 Å². The quantitative estimate of drug-likeness (QED) is 0.315. The second kappa shape index (κ2) is 12.0. The normalized spacial score (nSPS) is 25.9. The Morgan fingerprint density at radius 2 is 1.83 bits per heavy atom. The molecule has 0 bridgehead atoms. The Hall–Kier alpha value is -2.81. The first-order valence-corrected chi connectivity index (χ1v) is 13.0. The predicted octanol–water partition coefficient (Wildman–Crippen LogP) is 2.50. The Morgan fingerprint density at radius 3 is 2.50 bits per heavy atom. The van der Waals surface area contributed by atoms with Crippen LogP contribution in [0.1, 0.15) is 65.4 Å². The highest BCUT2D eigenvalue weighted by Gasteiger charge is 2.40. The SMILES string of the molecule is CC(C)[C@@H]1CC[C@@H](C)C[C@H]1OC(=O)[C@@H]1CCCN1C(=O)[C@H](C)NC(=O)[C@H](O)Cc1ccc(O)c(O)c1. The second-order valence-corrected chi connectivity index (χ2v) is 10.8. The molecule has 4 N–H and O–H groups in total. The molecule has 1 heterocycles. The lowest BCUT2D eigenvalue weighted by Gasteiger charge is -2.37. The Bertz CT molecular complexity index is 950. The van der Waals surface area contributed by atoms with Crippen LogP contribution < -0.4 is 5.32 Å². The number of phenolic OH excluding ortho intramolecular Hbond substituents is 2. The van der Waals surface area contributed by atoms with Crippen LogP contribution in [0.5, 0.6) is 11.5 Å². The van der Waals surface area contributed by atoms with Crippen LogP contribution in [0.25, 0.3) is 0 Å². The van der Waals surface area contributed by atoms with Crippen molar-refractivity contribution in [3.05, 3.63) is 23.8 Å². The Morgan fingerprint density at radius 1 is 1.11 bits per heavy atom. The fourth-order valence-corrected chi connectivity index (χ4v) is 5.39. The van der Waals surface area contributed by atoms with E-state index in [1.54, 1.807) is 0 Å². The zero-order valence-electron chi connectivity index (χ0n) is 21.6. The Balaban J connectivity index is 1.57. The monoisotopic (exact) mass is 504 g/mol. The molecule has 6 atom stereocenters. The van der Waals surface area contributed by atoms with Gasteiger partial charge in [-0.25, -0.2) is 4.79 Å². The molecule has 0 unspecified atom stereocenters. The zero-order valence-corrected chi connectivity index (χ0v) is 21.6. The first-order chi connectivity index (χ1) is 17.0. The number of aliphatic hydroxyl groups excluding tert-OH is 1. The van der Waals surface area contributed by atoms with Crippen LogP contribution in [0.2, 0.25) is 0 Å². The van der Waals surface area contributed by atoms with Gasteiger partial charge < -0.3 is 30.3 Å². The van der Waals surface area contributed by atoms with Crippen LogP contribution in [-0.4, -0.2) is 68.8 Å². The van der Waals surface area contributed by atoms with Crippen LogP contribution in [0.15, 0.2) is 18.2 Å². The number of hydrogen-bond donors (Lipinski definition) is 4. The molecule has 1 aliphatic carbocycles. The maximum absolute atomic E-state index is 13.1. The third kappa shape index (κ3) is 6.69. The molecule has 2 aliphatic rings. The summed E-state index contributed by atoms with van der Waals surface area (Å²) in [5, 5.41) is 31.8. The van der Waals surface area contributed by atoms with Crippen LogP contribution in [0.4, 0.5) is 0 Å². The Kier molecular flexibility index (Phi) is 9.22. The number of rotatable bonds is 8. The third-order valence-corrected chi connectivity index (χ3v) is 7.54. The lowest BCUT2D eigenvalue weighted by atomic mass is 9.75. The van der Waals surface area contributed by atoms with Crippen molar-refractivity contribution in [3.8, 4) is 11.5 Å². The fourth-order valence-electron chi connectivity index (χ4n) is 5.39. The molecule has 0 radical (unpaired) electrons. The maximum Gasteiger partial charge on any atom is 0.329 e. The van der Waals surface area contributed by atoms with Gasteiger partial charge in [-0.05, 0) is 68.1 Å². The summed E-state index contributed by atoms with van der Waals surface area (Å²) >= 11 is 0. The van der Waals surface area contributed by atoms with Crippen molar-refractivity contribution in [2.75, 3.05) is 6.54 Å². The van der Waals surface area contributed by atoms with E-state index in [9.17, 15) is 29.7 Å². The largest absolute Gasteiger partial charge is 0.504 e. The molecule has 1 saturated heterocycles. The highest BCUT2D eigenvalue weighted by atomic mass is 16.5. The second-order valence-electron chi connectivity index (χ2n) is 10.8. The molecule has 1 aromatic rings. The lowest BCUT2D eigenvalue weighted by Crippen LogP contribution is -2.53. The third-order valence-electron chi connectivity index (χ3n) is 7.54. The van der Waals surface area contributed by atoms with Crippen LogP contribution in [-0.2, 0) is 25.5 Å². The molecule has 1 saturated carbocycles. The van der Waals surface area contributed by atoms with Gasteiger partial charge in [0.1, 0.15) is 24.3 Å². The molecule has 9 heteroatoms. The molecule has 0 aromatic heterocycles. The zero-order chi connectivity index (χ0) is 26.6. The summed E-state index contributed by atoms with van der Waals surface area (Å²) < 4.78 is 5.99. The number of aliphatic hydroxyl groups is 1. The molecule has 3 rings (SSSR count). The number of carbonyl (C=O) groups excluding carboxylic acids is 3. The number of hydrogen-bond acceptors (Lipinski definition) is 7. The minimum Gasteiger partial charge on any atom is -0.504 e. The van der Waals surface area contributed by atoms with E-state index in [-0.39, 0.29) is 30.0 Å². The van der Waals surface area contributed by atoms with Crippen molar-refractivity contribution in [1.82, 2.24) is 10.2 Å². The minimum absolute atomic E-state index is 0.101. The standard InChI is InChI=1S/C27H40N2O7/c1-15(2)19-9-7-16(3)12-24(19)36-27(35)20-6-5-11-29(20)26(34)17(4)28-25(33)23(32)14-18-8-10-21(30)22(31)13-18/h8,10,13,15-17,19-20,23-24,30-32H,5-7,9,11-12,14H2,1-4H3,(H,28,33)/t16-,17+,19+,20+,23-,24-/m1/s1. The number of nitrogens with one attached hydrogen (secondary N) is 1. The molecular weight excluding hydrogens is 464 g/mol. The number of likely N-dealkylation sites (tertiary alicyclic amines) is 1. The summed E-state index contributed by atoms with van der Waals surface area (Å²) in [4.78, 5) is 40.2. The molecule has 0 spiro atoms. The van der Waals surface area contributed by atoms with Crippen LogP contribution in [0.3, 0.4) is 0 Å². The molecule has 1 aliphatic heterocycles. The highest BCUT2D eigenvalue weighted by Crippen LogP contribution is 2.36. The molecule has 2 fully saturated rings. The molecule has 2 amide bonds. The topological polar surface area (TPSA) is 136 Å². The van der Waals surface area contributed by atoms with Crippen molar-refractivity contribution in [2.24, 2.45) is 17.8 Å². The predicted molar refractivity (Wildman–Crippen MR) is 133 cm³/mol. The molecule has 9 nitrogen and oxygen atoms in total. The van der Waals surface area contributed by atoms with E-state index in [4.69, 9.17) is 4.74 Å². The molecule has 200 valence electrons. The number of nitrogens with zero attached hydrogens (tertiary/aromatic N) is 1. The van der Waals surface area contributed by atoms with Gasteiger partial charge in [0.25, 0.3) is 0 Å². The summed E-state index contributed by atoms with van der Waals surface area (Å²) in [7, 11) is 0. The van der Waals surface area contributed by atoms with E-state index in [0.717, 1.165) is 19.3 Å². The van der Waals surface area contributed by atoms with E-state index in [0.29, 0.717) is 42.7 Å². The van der Waals surface area contributed by atoms with Gasteiger partial charge in [-0.15, -0.1) is 0 Å². The first kappa shape index (κ1) is 27.8. The van der Waals surface area contributed by atoms with Gasteiger partial charge >= 0.3 is 5.97 Å². The van der Waals surface area contributed by atoms with E-state index in [1.165, 1.54) is 30.0 Å². The van der Waals surface area contributed by atoms with Gasteiger partial charge in [0.05, 0.1) is 0 Å². The van der Waals surface area contributed by atoms with E-state index >= 15 is 0 Å². The van der Waals surface area contributed by atoms with Crippen molar-refractivity contribution >= 4 is 17.8 Å². The van der Waals surface area contributed by atoms with Crippen molar-refractivity contribution in [1.29, 1.82) is 0 Å². The average molecular weight is 505 g/mol. The van der Waals surface area contributed by atoms with E-state index in [2.05, 4.69) is 26.1 Å². The lowest BCUT2D eigenvalue weighted by molar-refractivity contribution is -0.164. The summed E-state index contributed by atoms with van der Waals surface area (Å²) in [6, 6.07) is 2.40. The number of aromatic hydroxyl groups is 2. The average Bonchev–Trinajstić information content (AvgIpc) is 3.30. The van der Waals surface area contributed by atoms with Gasteiger partial charge in [0, 0.05) is 13.0 Å². The van der Waals surface area contributed by atoms with Crippen LogP contribution in [0, 0.1) is 17.8 Å². The van der Waals surface area contributed by atoms with Gasteiger partial charge in [0.2, 0.25) is 11.8 Å². The number of phenols is 2. The number of benzene rings is 1. The van der Waals surface area contributed by atoms with E-state index in [1.807, 2.05) is 0 Å². The summed E-state index contributed by atoms with van der Waals surface area (Å²) in [5.41, 5.74) is 0.450. The molecule has 1 aromatic carbocycles. The fraction of sp³-hybridized carbons (Fsp3) is 0.667. The minimum atomic E-state index is -1.45. The summed E-state index contributed by atoms with van der Waals surface area (Å²) in [5.74, 6) is -0.948. The number of esters is 1. The molecular formula is C27H40N2O7. The smallest absolute Gasteiger partial charge is 0.329 e. The van der Waals surface area contributed by atoms with Crippen molar-refractivity contribution < 1.29 is 34.4 Å². The van der Waals surface area contributed by atoms with Gasteiger partial charge in [0.15, 0.2) is 11.5 Å². The number of amides is 2. The van der Waals surface area contributed by atoms with Gasteiger partial charge in [-0.2, -0.15) is 0 Å². The van der Waals surface area contributed by atoms with Crippen molar-refractivity contribution in [3.63, 3.8) is 0 Å². The number of carbonyl (C=O) groups is 3. The van der Waals surface area contributed by atoms with E-state index < -0.39 is 30.0 Å². The molecule has 36 heavy (non-hydrogen) atoms. The van der Waals surface area contributed by atoms with Gasteiger partial charge in [-0.1, -0.05) is 33.3 Å². The number of ether oxygens (including phenoxy) is 1. The highest BCUT2D eigenvalue weighted by molar-refractivity contribution is 5.92. The summed E-state index contributed by atoms with van der Waals surface area (Å²) in [6.07, 6.45) is 2.48.